The van der Waals surface area contributed by atoms with Crippen molar-refractivity contribution in [1.82, 2.24) is 0 Å². The van der Waals surface area contributed by atoms with Gasteiger partial charge in [0, 0.05) is 24.2 Å². The average molecular weight is 357 g/mol. The largest absolute Gasteiger partial charge is 0.457 e. The van der Waals surface area contributed by atoms with Crippen molar-refractivity contribution in [1.29, 1.82) is 0 Å². The molecule has 0 aliphatic heterocycles. The smallest absolute Gasteiger partial charge is 0.338 e. The highest BCUT2D eigenvalue weighted by atomic mass is 16.6. The minimum Gasteiger partial charge on any atom is -0.457 e. The molecular weight excluding hydrogens is 342 g/mol. The molecule has 0 heterocycles. The van der Waals surface area contributed by atoms with Crippen LogP contribution in [0.2, 0.25) is 0 Å². The van der Waals surface area contributed by atoms with E-state index in [2.05, 4.69) is 5.32 Å². The number of hydrogen-bond acceptors (Lipinski definition) is 7. The Hall–Kier alpha value is -3.49. The first kappa shape index (κ1) is 17.3. The van der Waals surface area contributed by atoms with Gasteiger partial charge in [0.25, 0.3) is 11.4 Å². The Morgan fingerprint density at radius 3 is 2.35 bits per heavy atom. The number of nitro groups is 2. The zero-order chi connectivity index (χ0) is 18.7. The first-order chi connectivity index (χ1) is 12.4. The summed E-state index contributed by atoms with van der Waals surface area (Å²) in [6, 6.07) is 9.98. The third kappa shape index (κ3) is 4.12. The fourth-order valence-corrected chi connectivity index (χ4v) is 2.33. The number of hydrogen-bond donors (Lipinski definition) is 1. The Bertz CT molecular complexity index is 861. The molecule has 26 heavy (non-hydrogen) atoms. The Kier molecular flexibility index (Phi) is 4.78. The summed E-state index contributed by atoms with van der Waals surface area (Å²) >= 11 is 0. The molecule has 1 saturated carbocycles. The summed E-state index contributed by atoms with van der Waals surface area (Å²) in [5.74, 6) is -0.704. The van der Waals surface area contributed by atoms with Crippen molar-refractivity contribution in [2.24, 2.45) is 0 Å². The van der Waals surface area contributed by atoms with Crippen molar-refractivity contribution in [3.8, 4) is 0 Å². The van der Waals surface area contributed by atoms with E-state index in [1.807, 2.05) is 0 Å². The van der Waals surface area contributed by atoms with Gasteiger partial charge in [-0.2, -0.15) is 0 Å². The van der Waals surface area contributed by atoms with Gasteiger partial charge in [-0.25, -0.2) is 4.79 Å². The van der Waals surface area contributed by atoms with E-state index in [4.69, 9.17) is 4.74 Å². The molecule has 0 amide bonds. The van der Waals surface area contributed by atoms with Crippen LogP contribution in [0.15, 0.2) is 42.5 Å². The average Bonchev–Trinajstić information content (AvgIpc) is 3.44. The number of anilines is 1. The molecule has 9 heteroatoms. The molecule has 1 N–H and O–H groups in total. The zero-order valence-corrected chi connectivity index (χ0v) is 13.6. The summed E-state index contributed by atoms with van der Waals surface area (Å²) < 4.78 is 5.13. The van der Waals surface area contributed by atoms with Gasteiger partial charge in [-0.15, -0.1) is 0 Å². The predicted molar refractivity (Wildman–Crippen MR) is 92.0 cm³/mol. The molecule has 0 saturated heterocycles. The Morgan fingerprint density at radius 2 is 1.77 bits per heavy atom. The molecule has 9 nitrogen and oxygen atoms in total. The molecule has 0 unspecified atom stereocenters. The molecule has 0 radical (unpaired) electrons. The van der Waals surface area contributed by atoms with Crippen LogP contribution in [0.25, 0.3) is 0 Å². The lowest BCUT2D eigenvalue weighted by atomic mass is 10.1. The van der Waals surface area contributed by atoms with Crippen molar-refractivity contribution in [3.63, 3.8) is 0 Å². The highest BCUT2D eigenvalue weighted by molar-refractivity contribution is 5.91. The van der Waals surface area contributed by atoms with Crippen molar-refractivity contribution in [2.45, 2.75) is 25.5 Å². The summed E-state index contributed by atoms with van der Waals surface area (Å²) in [5.41, 5.74) is 0.783. The number of nitrogens with zero attached hydrogens (tertiary/aromatic N) is 2. The Morgan fingerprint density at radius 1 is 1.08 bits per heavy atom. The van der Waals surface area contributed by atoms with Gasteiger partial charge in [-0.1, -0.05) is 0 Å². The minimum absolute atomic E-state index is 0.0607. The van der Waals surface area contributed by atoms with Crippen molar-refractivity contribution >= 4 is 23.0 Å². The second-order valence-electron chi connectivity index (χ2n) is 5.91. The molecule has 134 valence electrons. The maximum Gasteiger partial charge on any atom is 0.338 e. The van der Waals surface area contributed by atoms with Gasteiger partial charge in [0.05, 0.1) is 15.4 Å². The van der Waals surface area contributed by atoms with E-state index >= 15 is 0 Å². The van der Waals surface area contributed by atoms with Crippen molar-refractivity contribution in [3.05, 3.63) is 73.8 Å². The molecular formula is C17H15N3O6. The molecule has 0 bridgehead atoms. The Balaban J connectivity index is 1.67. The van der Waals surface area contributed by atoms with Crippen LogP contribution in [0, 0.1) is 20.2 Å². The topological polar surface area (TPSA) is 125 Å². The van der Waals surface area contributed by atoms with Crippen LogP contribution >= 0.6 is 0 Å². The molecule has 1 fully saturated rings. The molecule has 1 aliphatic rings. The van der Waals surface area contributed by atoms with E-state index in [0.717, 1.165) is 12.8 Å². The zero-order valence-electron chi connectivity index (χ0n) is 13.6. The third-order valence-corrected chi connectivity index (χ3v) is 3.88. The van der Waals surface area contributed by atoms with Crippen molar-refractivity contribution < 1.29 is 19.4 Å². The number of rotatable bonds is 7. The molecule has 1 aliphatic carbocycles. The fourth-order valence-electron chi connectivity index (χ4n) is 2.33. The predicted octanol–water partition coefficient (Wildman–Crippen LogP) is 3.43. The lowest BCUT2D eigenvalue weighted by molar-refractivity contribution is -0.384. The van der Waals surface area contributed by atoms with E-state index in [1.54, 1.807) is 0 Å². The normalized spacial score (nSPS) is 13.1. The van der Waals surface area contributed by atoms with Crippen molar-refractivity contribution in [2.75, 3.05) is 5.32 Å². The van der Waals surface area contributed by atoms with Crippen LogP contribution in [0.3, 0.4) is 0 Å². The number of non-ortho nitro benzene ring substituents is 1. The van der Waals surface area contributed by atoms with Crippen LogP contribution < -0.4 is 5.32 Å². The van der Waals surface area contributed by atoms with Gasteiger partial charge in [0.2, 0.25) is 0 Å². The highest BCUT2D eigenvalue weighted by Gasteiger charge is 2.25. The first-order valence-electron chi connectivity index (χ1n) is 7.89. The molecule has 2 aromatic carbocycles. The van der Waals surface area contributed by atoms with Gasteiger partial charge in [-0.3, -0.25) is 20.2 Å². The standard InChI is InChI=1S/C17H15N3O6/c21-17(26-10-11-1-6-14(7-2-11)19(22)23)12-3-8-15(18-13-4-5-13)16(9-12)20(24)25/h1-3,6-9,13,18H,4-5,10H2. The van der Waals surface area contributed by atoms with Crippen LogP contribution in [-0.2, 0) is 11.3 Å². The molecule has 3 rings (SSSR count). The highest BCUT2D eigenvalue weighted by Crippen LogP contribution is 2.31. The second-order valence-corrected chi connectivity index (χ2v) is 5.91. The number of benzene rings is 2. The third-order valence-electron chi connectivity index (χ3n) is 3.88. The number of carbonyl (C=O) groups excluding carboxylic acids is 1. The summed E-state index contributed by atoms with van der Waals surface area (Å²) in [7, 11) is 0. The van der Waals surface area contributed by atoms with E-state index in [1.165, 1.54) is 42.5 Å². The number of carbonyl (C=O) groups is 1. The number of nitro benzene ring substituents is 2. The lowest BCUT2D eigenvalue weighted by Crippen LogP contribution is -2.08. The quantitative estimate of drug-likeness (QED) is 0.457. The van der Waals surface area contributed by atoms with Gasteiger partial charge < -0.3 is 10.1 Å². The van der Waals surface area contributed by atoms with E-state index in [-0.39, 0.29) is 29.6 Å². The number of esters is 1. The fraction of sp³-hybridized carbons (Fsp3) is 0.235. The van der Waals surface area contributed by atoms with Gasteiger partial charge in [-0.05, 0) is 42.7 Å². The summed E-state index contributed by atoms with van der Waals surface area (Å²) in [4.78, 5) is 32.9. The van der Waals surface area contributed by atoms with Gasteiger partial charge >= 0.3 is 5.97 Å². The molecule has 2 aromatic rings. The maximum absolute atomic E-state index is 12.1. The van der Waals surface area contributed by atoms with Crippen LogP contribution in [0.5, 0.6) is 0 Å². The van der Waals surface area contributed by atoms with E-state index in [9.17, 15) is 25.0 Å². The first-order valence-corrected chi connectivity index (χ1v) is 7.89. The maximum atomic E-state index is 12.1. The number of ether oxygens (including phenoxy) is 1. The SMILES string of the molecule is O=C(OCc1ccc([N+](=O)[O-])cc1)c1ccc(NC2CC2)c([N+](=O)[O-])c1. The summed E-state index contributed by atoms with van der Waals surface area (Å²) in [6.07, 6.45) is 1.94. The summed E-state index contributed by atoms with van der Waals surface area (Å²) in [6.45, 7) is -0.0906. The number of nitrogens with one attached hydrogen (secondary N) is 1. The minimum atomic E-state index is -0.704. The van der Waals surface area contributed by atoms with E-state index < -0.39 is 15.8 Å². The Labute approximate surface area is 147 Å². The molecule has 0 atom stereocenters. The monoisotopic (exact) mass is 357 g/mol. The van der Waals surface area contributed by atoms with Crippen LogP contribution in [0.1, 0.15) is 28.8 Å². The van der Waals surface area contributed by atoms with Crippen LogP contribution in [0.4, 0.5) is 17.1 Å². The molecule has 0 aromatic heterocycles. The molecule has 0 spiro atoms. The summed E-state index contributed by atoms with van der Waals surface area (Å²) in [5, 5.41) is 24.9. The lowest BCUT2D eigenvalue weighted by Gasteiger charge is -2.08. The van der Waals surface area contributed by atoms with Gasteiger partial charge in [0.1, 0.15) is 12.3 Å². The van der Waals surface area contributed by atoms with Crippen LogP contribution in [-0.4, -0.2) is 21.9 Å². The van der Waals surface area contributed by atoms with E-state index in [0.29, 0.717) is 11.3 Å². The second kappa shape index (κ2) is 7.18. The van der Waals surface area contributed by atoms with Gasteiger partial charge in [0.15, 0.2) is 0 Å².